The minimum atomic E-state index is 0.0153. The highest BCUT2D eigenvalue weighted by molar-refractivity contribution is 5.35. The van der Waals surface area contributed by atoms with Gasteiger partial charge in [-0.1, -0.05) is 31.5 Å². The van der Waals surface area contributed by atoms with E-state index in [4.69, 9.17) is 14.5 Å². The Morgan fingerprint density at radius 1 is 1.35 bits per heavy atom. The van der Waals surface area contributed by atoms with E-state index in [2.05, 4.69) is 13.0 Å². The summed E-state index contributed by atoms with van der Waals surface area (Å²) in [6, 6.07) is 8.07. The van der Waals surface area contributed by atoms with Crippen LogP contribution in [0.4, 0.5) is 0 Å². The van der Waals surface area contributed by atoms with Crippen molar-refractivity contribution < 1.29 is 14.5 Å². The lowest BCUT2D eigenvalue weighted by Gasteiger charge is -2.23. The van der Waals surface area contributed by atoms with Gasteiger partial charge in [-0.3, -0.25) is 0 Å². The molecule has 94 valence electrons. The van der Waals surface area contributed by atoms with Crippen LogP contribution in [-0.4, -0.2) is 13.2 Å². The standard InChI is InChI=1S/C14H20O3/c1-2-3-10-15-13-8-5-4-7-12(13)14-9-6-11-16-17-14/h4-5,7-8,14H,2-3,6,9-11H2,1H3. The Hall–Kier alpha value is -1.06. The first-order valence-electron chi connectivity index (χ1n) is 6.42. The summed E-state index contributed by atoms with van der Waals surface area (Å²) in [4.78, 5) is 10.4. The third-order valence-corrected chi connectivity index (χ3v) is 2.90. The molecule has 1 fully saturated rings. The van der Waals surface area contributed by atoms with E-state index >= 15 is 0 Å². The molecule has 3 heteroatoms. The quantitative estimate of drug-likeness (QED) is 0.577. The molecule has 0 spiro atoms. The number of rotatable bonds is 5. The van der Waals surface area contributed by atoms with Crippen LogP contribution in [0.1, 0.15) is 44.3 Å². The van der Waals surface area contributed by atoms with Crippen LogP contribution in [0, 0.1) is 0 Å². The van der Waals surface area contributed by atoms with Gasteiger partial charge >= 0.3 is 0 Å². The highest BCUT2D eigenvalue weighted by Gasteiger charge is 2.20. The molecule has 0 aliphatic carbocycles. The van der Waals surface area contributed by atoms with E-state index in [1.165, 1.54) is 0 Å². The van der Waals surface area contributed by atoms with Crippen molar-refractivity contribution in [2.24, 2.45) is 0 Å². The lowest BCUT2D eigenvalue weighted by molar-refractivity contribution is -0.348. The summed E-state index contributed by atoms with van der Waals surface area (Å²) < 4.78 is 5.80. The van der Waals surface area contributed by atoms with E-state index in [0.29, 0.717) is 6.61 Å². The van der Waals surface area contributed by atoms with E-state index in [1.807, 2.05) is 18.2 Å². The molecule has 0 radical (unpaired) electrons. The molecule has 1 aliphatic rings. The molecule has 0 amide bonds. The van der Waals surface area contributed by atoms with E-state index < -0.39 is 0 Å². The zero-order valence-electron chi connectivity index (χ0n) is 10.4. The Kier molecular flexibility index (Phi) is 4.83. The number of hydrogen-bond donors (Lipinski definition) is 0. The zero-order chi connectivity index (χ0) is 11.9. The smallest absolute Gasteiger partial charge is 0.125 e. The molecule has 1 saturated heterocycles. The van der Waals surface area contributed by atoms with E-state index in [0.717, 1.165) is 43.6 Å². The molecule has 1 atom stereocenters. The normalized spacial score (nSPS) is 20.2. The summed E-state index contributed by atoms with van der Waals surface area (Å²) in [5.41, 5.74) is 1.10. The highest BCUT2D eigenvalue weighted by Crippen LogP contribution is 2.33. The van der Waals surface area contributed by atoms with Crippen LogP contribution >= 0.6 is 0 Å². The van der Waals surface area contributed by atoms with Gasteiger partial charge in [0.15, 0.2) is 0 Å². The minimum absolute atomic E-state index is 0.0153. The van der Waals surface area contributed by atoms with Crippen molar-refractivity contribution >= 4 is 0 Å². The minimum Gasteiger partial charge on any atom is -0.493 e. The first-order chi connectivity index (χ1) is 8.42. The predicted octanol–water partition coefficient (Wildman–Crippen LogP) is 3.65. The number of hydrogen-bond acceptors (Lipinski definition) is 3. The molecule has 0 N–H and O–H groups in total. The Morgan fingerprint density at radius 3 is 3.00 bits per heavy atom. The van der Waals surface area contributed by atoms with Gasteiger partial charge in [0, 0.05) is 5.56 Å². The van der Waals surface area contributed by atoms with Crippen LogP contribution in [-0.2, 0) is 9.78 Å². The fourth-order valence-electron chi connectivity index (χ4n) is 1.92. The van der Waals surface area contributed by atoms with Crippen molar-refractivity contribution in [3.05, 3.63) is 29.8 Å². The van der Waals surface area contributed by atoms with E-state index in [1.54, 1.807) is 0 Å². The van der Waals surface area contributed by atoms with Crippen molar-refractivity contribution in [1.82, 2.24) is 0 Å². The number of para-hydroxylation sites is 1. The van der Waals surface area contributed by atoms with Crippen molar-refractivity contribution in [3.8, 4) is 5.75 Å². The molecule has 0 bridgehead atoms. The fraction of sp³-hybridized carbons (Fsp3) is 0.571. The Bertz CT molecular complexity index is 332. The first-order valence-corrected chi connectivity index (χ1v) is 6.42. The molecule has 1 heterocycles. The first kappa shape index (κ1) is 12.4. The molecular formula is C14H20O3. The summed E-state index contributed by atoms with van der Waals surface area (Å²) in [7, 11) is 0. The second-order valence-electron chi connectivity index (χ2n) is 4.29. The lowest BCUT2D eigenvalue weighted by Crippen LogP contribution is -2.14. The highest BCUT2D eigenvalue weighted by atomic mass is 17.2. The van der Waals surface area contributed by atoms with Gasteiger partial charge in [0.2, 0.25) is 0 Å². The maximum Gasteiger partial charge on any atom is 0.125 e. The molecule has 17 heavy (non-hydrogen) atoms. The molecule has 0 saturated carbocycles. The summed E-state index contributed by atoms with van der Waals surface area (Å²) in [6.45, 7) is 3.61. The van der Waals surface area contributed by atoms with Crippen molar-refractivity contribution in [2.75, 3.05) is 13.2 Å². The van der Waals surface area contributed by atoms with Crippen molar-refractivity contribution in [2.45, 2.75) is 38.7 Å². The maximum atomic E-state index is 5.80. The van der Waals surface area contributed by atoms with E-state index in [9.17, 15) is 0 Å². The summed E-state index contributed by atoms with van der Waals surface area (Å²) >= 11 is 0. The molecular weight excluding hydrogens is 216 g/mol. The predicted molar refractivity (Wildman–Crippen MR) is 65.9 cm³/mol. The van der Waals surface area contributed by atoms with Crippen molar-refractivity contribution in [3.63, 3.8) is 0 Å². The van der Waals surface area contributed by atoms with Crippen LogP contribution in [0.5, 0.6) is 5.75 Å². The third kappa shape index (κ3) is 3.45. The number of benzene rings is 1. The second kappa shape index (κ2) is 6.62. The monoisotopic (exact) mass is 236 g/mol. The summed E-state index contributed by atoms with van der Waals surface area (Å²) in [5.74, 6) is 0.927. The fourth-order valence-corrected chi connectivity index (χ4v) is 1.92. The van der Waals surface area contributed by atoms with Crippen LogP contribution in [0.3, 0.4) is 0 Å². The van der Waals surface area contributed by atoms with Gasteiger partial charge in [-0.05, 0) is 25.3 Å². The van der Waals surface area contributed by atoms with E-state index in [-0.39, 0.29) is 6.10 Å². The maximum absolute atomic E-state index is 5.80. The average molecular weight is 236 g/mol. The molecule has 1 aliphatic heterocycles. The van der Waals surface area contributed by atoms with Crippen LogP contribution in [0.2, 0.25) is 0 Å². The van der Waals surface area contributed by atoms with Gasteiger partial charge in [-0.2, -0.15) is 0 Å². The molecule has 0 aromatic heterocycles. The summed E-state index contributed by atoms with van der Waals surface area (Å²) in [6.07, 6.45) is 4.27. The van der Waals surface area contributed by atoms with Crippen LogP contribution < -0.4 is 4.74 Å². The van der Waals surface area contributed by atoms with Gasteiger partial charge in [0.25, 0.3) is 0 Å². The topological polar surface area (TPSA) is 27.7 Å². The van der Waals surface area contributed by atoms with Gasteiger partial charge in [0.05, 0.1) is 13.2 Å². The average Bonchev–Trinajstić information content (AvgIpc) is 2.41. The van der Waals surface area contributed by atoms with Gasteiger partial charge in [-0.25, -0.2) is 9.78 Å². The summed E-state index contributed by atoms with van der Waals surface area (Å²) in [5, 5.41) is 0. The zero-order valence-corrected chi connectivity index (χ0v) is 10.4. The molecule has 3 nitrogen and oxygen atoms in total. The Morgan fingerprint density at radius 2 is 2.24 bits per heavy atom. The van der Waals surface area contributed by atoms with Crippen LogP contribution in [0.25, 0.3) is 0 Å². The molecule has 1 unspecified atom stereocenters. The molecule has 1 aromatic rings. The van der Waals surface area contributed by atoms with Crippen molar-refractivity contribution in [1.29, 1.82) is 0 Å². The van der Waals surface area contributed by atoms with Crippen LogP contribution in [0.15, 0.2) is 24.3 Å². The number of ether oxygens (including phenoxy) is 1. The Labute approximate surface area is 103 Å². The third-order valence-electron chi connectivity index (χ3n) is 2.90. The molecule has 2 rings (SSSR count). The SMILES string of the molecule is CCCCOc1ccccc1C1CCCOO1. The second-order valence-corrected chi connectivity index (χ2v) is 4.29. The lowest BCUT2D eigenvalue weighted by atomic mass is 10.0. The van der Waals surface area contributed by atoms with Gasteiger partial charge < -0.3 is 4.74 Å². The van der Waals surface area contributed by atoms with Gasteiger partial charge in [-0.15, -0.1) is 0 Å². The Balaban J connectivity index is 2.03. The molecule has 1 aromatic carbocycles. The van der Waals surface area contributed by atoms with Gasteiger partial charge in [0.1, 0.15) is 11.9 Å². The number of unbranched alkanes of at least 4 members (excludes halogenated alkanes) is 1. The largest absolute Gasteiger partial charge is 0.493 e.